The molecule has 4 rings (SSSR count). The third-order valence-corrected chi connectivity index (χ3v) is 6.34. The van der Waals surface area contributed by atoms with E-state index < -0.39 is 5.97 Å². The van der Waals surface area contributed by atoms with Crippen molar-refractivity contribution in [2.24, 2.45) is 0 Å². The van der Waals surface area contributed by atoms with Crippen molar-refractivity contribution in [3.05, 3.63) is 81.7 Å². The number of fused-ring (bicyclic) bond motifs is 2. The highest BCUT2D eigenvalue weighted by Gasteiger charge is 2.24. The zero-order valence-electron chi connectivity index (χ0n) is 22.6. The van der Waals surface area contributed by atoms with Crippen LogP contribution in [0.5, 0.6) is 17.2 Å². The van der Waals surface area contributed by atoms with E-state index in [9.17, 15) is 19.8 Å². The second-order valence-corrected chi connectivity index (χ2v) is 10.7. The number of aromatic hydroxyl groups is 1. The molecule has 0 aromatic heterocycles. The van der Waals surface area contributed by atoms with Gasteiger partial charge in [-0.25, -0.2) is 9.59 Å². The van der Waals surface area contributed by atoms with Gasteiger partial charge in [-0.15, -0.1) is 0 Å². The van der Waals surface area contributed by atoms with Crippen molar-refractivity contribution >= 4 is 29.8 Å². The molecule has 204 valence electrons. The van der Waals surface area contributed by atoms with E-state index >= 15 is 0 Å². The van der Waals surface area contributed by atoms with Crippen molar-refractivity contribution < 1.29 is 24.5 Å². The molecular formula is C31H35N3O5. The first kappa shape index (κ1) is 27.7. The van der Waals surface area contributed by atoms with Gasteiger partial charge in [0.05, 0.1) is 5.56 Å². The van der Waals surface area contributed by atoms with Gasteiger partial charge in [-0.3, -0.25) is 0 Å². The topological polar surface area (TPSA) is 120 Å². The number of carboxylic acid groups (broad SMARTS) is 1. The average molecular weight is 530 g/mol. The number of benzene rings is 3. The van der Waals surface area contributed by atoms with Crippen LogP contribution in [-0.4, -0.2) is 40.8 Å². The number of amides is 2. The first-order valence-electron chi connectivity index (χ1n) is 13.0. The minimum absolute atomic E-state index is 0.0275. The minimum Gasteiger partial charge on any atom is -0.508 e. The number of ether oxygens (including phenoxy) is 1. The van der Waals surface area contributed by atoms with Crippen molar-refractivity contribution in [1.29, 1.82) is 0 Å². The van der Waals surface area contributed by atoms with E-state index in [4.69, 9.17) is 4.74 Å². The number of unbranched alkanes of at least 4 members (excludes halogenated alkanes) is 2. The van der Waals surface area contributed by atoms with Crippen molar-refractivity contribution in [3.8, 4) is 17.2 Å². The molecule has 0 saturated heterocycles. The Hall–Kier alpha value is -4.30. The smallest absolute Gasteiger partial charge is 0.336 e. The van der Waals surface area contributed by atoms with E-state index in [-0.39, 0.29) is 22.9 Å². The molecule has 0 bridgehead atoms. The van der Waals surface area contributed by atoms with Gasteiger partial charge in [0, 0.05) is 40.2 Å². The summed E-state index contributed by atoms with van der Waals surface area (Å²) in [5, 5.41) is 30.6. The molecule has 2 amide bonds. The van der Waals surface area contributed by atoms with Crippen LogP contribution in [0.2, 0.25) is 0 Å². The summed E-state index contributed by atoms with van der Waals surface area (Å²) in [5.74, 6) is -0.168. The summed E-state index contributed by atoms with van der Waals surface area (Å²) in [7, 11) is 0. The maximum atomic E-state index is 12.5. The van der Waals surface area contributed by atoms with E-state index in [1.807, 2.05) is 12.1 Å². The van der Waals surface area contributed by atoms with Crippen molar-refractivity contribution in [2.45, 2.75) is 45.6 Å². The molecule has 0 atom stereocenters. The quantitative estimate of drug-likeness (QED) is 0.203. The van der Waals surface area contributed by atoms with Crippen LogP contribution in [0.3, 0.4) is 0 Å². The Morgan fingerprint density at radius 3 is 2.38 bits per heavy atom. The van der Waals surface area contributed by atoms with E-state index in [2.05, 4.69) is 43.3 Å². The highest BCUT2D eigenvalue weighted by molar-refractivity contribution is 6.00. The van der Waals surface area contributed by atoms with Gasteiger partial charge < -0.3 is 30.9 Å². The van der Waals surface area contributed by atoms with Crippen LogP contribution in [0, 0.1) is 0 Å². The number of hydrogen-bond acceptors (Lipinski definition) is 5. The SMILES string of the molecule is C=c1ccc2c(c1)Oc1cc(O)ccc1C=2c1ccc(NC(=O)NCCCCCNC(C)(C)C)cc1C(=O)O. The van der Waals surface area contributed by atoms with E-state index in [0.29, 0.717) is 45.6 Å². The molecular weight excluding hydrogens is 494 g/mol. The summed E-state index contributed by atoms with van der Waals surface area (Å²) in [4.78, 5) is 24.8. The lowest BCUT2D eigenvalue weighted by Gasteiger charge is -2.22. The summed E-state index contributed by atoms with van der Waals surface area (Å²) in [5.41, 5.74) is 2.26. The fraction of sp³-hybridized carbons (Fsp3) is 0.290. The number of carboxylic acids is 1. The monoisotopic (exact) mass is 529 g/mol. The normalized spacial score (nSPS) is 12.2. The lowest BCUT2D eigenvalue weighted by molar-refractivity contribution is 0.0696. The number of carbonyl (C=O) groups excluding carboxylic acids is 1. The van der Waals surface area contributed by atoms with Crippen LogP contribution in [-0.2, 0) is 0 Å². The summed E-state index contributed by atoms with van der Waals surface area (Å²) >= 11 is 0. The summed E-state index contributed by atoms with van der Waals surface area (Å²) in [6, 6.07) is 14.6. The Balaban J connectivity index is 1.53. The Morgan fingerprint density at radius 2 is 1.64 bits per heavy atom. The number of phenolic OH excluding ortho intramolecular Hbond substituents is 1. The molecule has 3 aromatic rings. The van der Waals surface area contributed by atoms with Crippen LogP contribution in [0.1, 0.15) is 61.5 Å². The van der Waals surface area contributed by atoms with Gasteiger partial charge in [-0.05, 0) is 81.3 Å². The Morgan fingerprint density at radius 1 is 0.897 bits per heavy atom. The molecule has 8 nitrogen and oxygen atoms in total. The van der Waals surface area contributed by atoms with Gasteiger partial charge in [0.15, 0.2) is 0 Å². The molecule has 0 unspecified atom stereocenters. The Kier molecular flexibility index (Phi) is 8.26. The second-order valence-electron chi connectivity index (χ2n) is 10.7. The van der Waals surface area contributed by atoms with Crippen LogP contribution in [0.25, 0.3) is 12.2 Å². The molecule has 1 heterocycles. The molecule has 1 aliphatic rings. The van der Waals surface area contributed by atoms with Gasteiger partial charge in [0.25, 0.3) is 0 Å². The van der Waals surface area contributed by atoms with Crippen LogP contribution in [0.15, 0.2) is 54.6 Å². The van der Waals surface area contributed by atoms with Crippen LogP contribution in [0.4, 0.5) is 10.5 Å². The second kappa shape index (κ2) is 11.6. The van der Waals surface area contributed by atoms with Crippen molar-refractivity contribution in [2.75, 3.05) is 18.4 Å². The minimum atomic E-state index is -1.13. The zero-order valence-corrected chi connectivity index (χ0v) is 22.6. The maximum Gasteiger partial charge on any atom is 0.336 e. The number of rotatable bonds is 9. The molecule has 0 aliphatic carbocycles. The Bertz CT molecular complexity index is 1510. The lowest BCUT2D eigenvalue weighted by Crippen LogP contribution is -2.36. The number of hydrogen-bond donors (Lipinski definition) is 5. The third kappa shape index (κ3) is 6.97. The van der Waals surface area contributed by atoms with Gasteiger partial charge in [-0.1, -0.05) is 31.2 Å². The number of nitrogens with one attached hydrogen (secondary N) is 3. The standard InChI is InChI=1S/C31H35N3O5/c1-19-8-11-23-26(16-19)39-27-18-21(35)10-13-24(27)28(23)22-12-9-20(17-25(22)29(36)37)34-30(38)32-14-6-5-7-15-33-31(2,3)4/h8-13,16-18,33,35H,1,5-7,14-15H2,2-4H3,(H,36,37)(H2,32,34,38). The fourth-order valence-corrected chi connectivity index (χ4v) is 4.50. The van der Waals surface area contributed by atoms with Crippen molar-refractivity contribution in [1.82, 2.24) is 10.6 Å². The number of anilines is 1. The summed E-state index contributed by atoms with van der Waals surface area (Å²) in [6.45, 7) is 11.8. The molecule has 1 aliphatic heterocycles. The number of aromatic carboxylic acids is 1. The molecule has 39 heavy (non-hydrogen) atoms. The Labute approximate surface area is 228 Å². The van der Waals surface area contributed by atoms with Crippen LogP contribution >= 0.6 is 0 Å². The van der Waals surface area contributed by atoms with E-state index in [1.165, 1.54) is 18.2 Å². The molecule has 0 radical (unpaired) electrons. The maximum absolute atomic E-state index is 12.5. The zero-order chi connectivity index (χ0) is 28.2. The summed E-state index contributed by atoms with van der Waals surface area (Å²) < 4.78 is 6.01. The average Bonchev–Trinajstić information content (AvgIpc) is 2.86. The van der Waals surface area contributed by atoms with Gasteiger partial charge >= 0.3 is 12.0 Å². The highest BCUT2D eigenvalue weighted by Crippen LogP contribution is 2.39. The molecule has 8 heteroatoms. The number of urea groups is 1. The van der Waals surface area contributed by atoms with Crippen molar-refractivity contribution in [3.63, 3.8) is 0 Å². The fourth-order valence-electron chi connectivity index (χ4n) is 4.50. The lowest BCUT2D eigenvalue weighted by atomic mass is 9.89. The molecule has 5 N–H and O–H groups in total. The first-order chi connectivity index (χ1) is 18.5. The third-order valence-electron chi connectivity index (χ3n) is 6.34. The largest absolute Gasteiger partial charge is 0.508 e. The van der Waals surface area contributed by atoms with Gasteiger partial charge in [0.1, 0.15) is 17.2 Å². The molecule has 3 aromatic carbocycles. The van der Waals surface area contributed by atoms with Gasteiger partial charge in [0.2, 0.25) is 0 Å². The molecule has 0 fully saturated rings. The highest BCUT2D eigenvalue weighted by atomic mass is 16.5. The van der Waals surface area contributed by atoms with E-state index in [0.717, 1.165) is 31.0 Å². The molecule has 0 saturated carbocycles. The van der Waals surface area contributed by atoms with Crippen LogP contribution < -0.4 is 31.1 Å². The number of phenols is 1. The van der Waals surface area contributed by atoms with E-state index in [1.54, 1.807) is 24.3 Å². The first-order valence-corrected chi connectivity index (χ1v) is 13.0. The summed E-state index contributed by atoms with van der Waals surface area (Å²) in [6.07, 6.45) is 2.86. The van der Waals surface area contributed by atoms with Gasteiger partial charge in [-0.2, -0.15) is 0 Å². The predicted molar refractivity (Wildman–Crippen MR) is 153 cm³/mol. The number of carbonyl (C=O) groups is 2. The molecule has 0 spiro atoms. The predicted octanol–water partition coefficient (Wildman–Crippen LogP) is 4.53.